The molecule has 9 atom stereocenters. The molecule has 0 amide bonds. The van der Waals surface area contributed by atoms with Crippen LogP contribution in [0.2, 0.25) is 0 Å². The molecule has 2 N–H and O–H groups in total. The predicted octanol–water partition coefficient (Wildman–Crippen LogP) is 7.19. The summed E-state index contributed by atoms with van der Waals surface area (Å²) in [7, 11) is 0. The standard InChI is InChI=1S/C33H52O5/c1-19(2)20(3)10-11-22(29(36)37)28-25(35)18-33(9)24-12-13-26-30(5,6)27(38-21(4)34)15-16-31(26,7)23(24)14-17-32(28,33)8/h14,19,22,24-28,35H,3,10-13,15-18H2,1-2,4-9H3,(H,36,37)/t22?,24?,25-,26+,27?,28+,31-,32-,33+/m1/s1. The van der Waals surface area contributed by atoms with E-state index in [0.29, 0.717) is 37.0 Å². The number of rotatable bonds is 7. The fourth-order valence-corrected chi connectivity index (χ4v) is 10.0. The Morgan fingerprint density at radius 1 is 1.11 bits per heavy atom. The molecule has 4 aliphatic carbocycles. The number of carboxylic acids is 1. The van der Waals surface area contributed by atoms with Gasteiger partial charge in [0.05, 0.1) is 12.0 Å². The molecule has 0 spiro atoms. The van der Waals surface area contributed by atoms with Crippen molar-refractivity contribution in [1.29, 1.82) is 0 Å². The molecule has 5 nitrogen and oxygen atoms in total. The Labute approximate surface area is 230 Å². The van der Waals surface area contributed by atoms with E-state index in [9.17, 15) is 19.8 Å². The van der Waals surface area contributed by atoms with E-state index in [1.54, 1.807) is 0 Å². The largest absolute Gasteiger partial charge is 0.481 e. The molecular formula is C33H52O5. The number of carbonyl (C=O) groups excluding carboxylic acids is 1. The second kappa shape index (κ2) is 9.78. The van der Waals surface area contributed by atoms with E-state index in [1.807, 2.05) is 0 Å². The number of aliphatic hydroxyl groups excluding tert-OH is 1. The van der Waals surface area contributed by atoms with E-state index in [4.69, 9.17) is 4.74 Å². The van der Waals surface area contributed by atoms with Crippen LogP contribution in [0, 0.1) is 51.2 Å². The van der Waals surface area contributed by atoms with Crippen molar-refractivity contribution in [3.63, 3.8) is 0 Å². The van der Waals surface area contributed by atoms with Crippen molar-refractivity contribution in [2.45, 2.75) is 119 Å². The summed E-state index contributed by atoms with van der Waals surface area (Å²) in [5.74, 6) is -0.752. The summed E-state index contributed by atoms with van der Waals surface area (Å²) in [4.78, 5) is 24.5. The van der Waals surface area contributed by atoms with Crippen molar-refractivity contribution >= 4 is 11.9 Å². The lowest BCUT2D eigenvalue weighted by Gasteiger charge is -2.64. The third-order valence-corrected chi connectivity index (χ3v) is 12.5. The predicted molar refractivity (Wildman–Crippen MR) is 150 cm³/mol. The van der Waals surface area contributed by atoms with Gasteiger partial charge in [-0.15, -0.1) is 0 Å². The van der Waals surface area contributed by atoms with Crippen LogP contribution in [-0.2, 0) is 14.3 Å². The van der Waals surface area contributed by atoms with Crippen LogP contribution in [0.15, 0.2) is 23.8 Å². The minimum atomic E-state index is -0.785. The van der Waals surface area contributed by atoms with Gasteiger partial charge in [-0.1, -0.05) is 72.3 Å². The quantitative estimate of drug-likeness (QED) is 0.270. The minimum Gasteiger partial charge on any atom is -0.481 e. The number of hydrogen-bond donors (Lipinski definition) is 2. The number of carbonyl (C=O) groups is 2. The van der Waals surface area contributed by atoms with Crippen molar-refractivity contribution in [1.82, 2.24) is 0 Å². The Morgan fingerprint density at radius 3 is 2.34 bits per heavy atom. The Hall–Kier alpha value is -1.62. The Balaban J connectivity index is 1.68. The molecule has 0 saturated heterocycles. The van der Waals surface area contributed by atoms with Crippen molar-refractivity contribution < 1.29 is 24.5 Å². The van der Waals surface area contributed by atoms with Gasteiger partial charge in [0.15, 0.2) is 0 Å². The van der Waals surface area contributed by atoms with Gasteiger partial charge in [-0.05, 0) is 85.4 Å². The lowest BCUT2D eigenvalue weighted by molar-refractivity contribution is -0.170. The molecule has 0 aromatic carbocycles. The highest BCUT2D eigenvalue weighted by Gasteiger charge is 2.68. The van der Waals surface area contributed by atoms with E-state index in [-0.39, 0.29) is 39.7 Å². The molecule has 5 heteroatoms. The molecule has 4 rings (SSSR count). The van der Waals surface area contributed by atoms with Gasteiger partial charge in [0.25, 0.3) is 0 Å². The molecule has 3 fully saturated rings. The fourth-order valence-electron chi connectivity index (χ4n) is 10.0. The van der Waals surface area contributed by atoms with Gasteiger partial charge < -0.3 is 14.9 Å². The summed E-state index contributed by atoms with van der Waals surface area (Å²) in [5, 5.41) is 21.9. The zero-order chi connectivity index (χ0) is 28.4. The van der Waals surface area contributed by atoms with E-state index in [2.05, 4.69) is 61.1 Å². The zero-order valence-corrected chi connectivity index (χ0v) is 25.1. The number of hydrogen-bond acceptors (Lipinski definition) is 4. The Kier molecular flexibility index (Phi) is 7.56. The second-order valence-corrected chi connectivity index (χ2v) is 14.9. The Bertz CT molecular complexity index is 1010. The van der Waals surface area contributed by atoms with E-state index in [0.717, 1.165) is 37.7 Å². The van der Waals surface area contributed by atoms with Gasteiger partial charge in [0.2, 0.25) is 0 Å². The first-order valence-electron chi connectivity index (χ1n) is 15.0. The third-order valence-electron chi connectivity index (χ3n) is 12.5. The molecule has 214 valence electrons. The summed E-state index contributed by atoms with van der Waals surface area (Å²) in [6, 6.07) is 0. The van der Waals surface area contributed by atoms with Crippen LogP contribution >= 0.6 is 0 Å². The molecule has 0 bridgehead atoms. The molecule has 0 radical (unpaired) electrons. The molecule has 3 unspecified atom stereocenters. The van der Waals surface area contributed by atoms with E-state index < -0.39 is 18.0 Å². The lowest BCUT2D eigenvalue weighted by Crippen LogP contribution is -2.58. The highest BCUT2D eigenvalue weighted by atomic mass is 16.5. The van der Waals surface area contributed by atoms with Crippen molar-refractivity contribution in [3.05, 3.63) is 23.8 Å². The van der Waals surface area contributed by atoms with Crippen LogP contribution in [0.1, 0.15) is 107 Å². The van der Waals surface area contributed by atoms with Crippen LogP contribution in [0.3, 0.4) is 0 Å². The van der Waals surface area contributed by atoms with Crippen LogP contribution in [0.4, 0.5) is 0 Å². The van der Waals surface area contributed by atoms with Gasteiger partial charge in [-0.25, -0.2) is 0 Å². The van der Waals surface area contributed by atoms with Crippen molar-refractivity contribution in [2.24, 2.45) is 51.2 Å². The number of carboxylic acid groups (broad SMARTS) is 1. The minimum absolute atomic E-state index is 0.0254. The van der Waals surface area contributed by atoms with Gasteiger partial charge in [0, 0.05) is 18.3 Å². The zero-order valence-electron chi connectivity index (χ0n) is 25.1. The molecule has 0 aromatic heterocycles. The van der Waals surface area contributed by atoms with Crippen LogP contribution < -0.4 is 0 Å². The van der Waals surface area contributed by atoms with Gasteiger partial charge >= 0.3 is 11.9 Å². The third kappa shape index (κ3) is 4.30. The smallest absolute Gasteiger partial charge is 0.306 e. The summed E-state index contributed by atoms with van der Waals surface area (Å²) in [5.41, 5.74) is 2.08. The van der Waals surface area contributed by atoms with E-state index >= 15 is 0 Å². The summed E-state index contributed by atoms with van der Waals surface area (Å²) < 4.78 is 5.82. The van der Waals surface area contributed by atoms with E-state index in [1.165, 1.54) is 12.5 Å². The lowest BCUT2D eigenvalue weighted by atomic mass is 9.41. The number of fused-ring (bicyclic) bond motifs is 5. The summed E-state index contributed by atoms with van der Waals surface area (Å²) in [6.45, 7) is 21.5. The topological polar surface area (TPSA) is 83.8 Å². The fraction of sp³-hybridized carbons (Fsp3) is 0.818. The molecule has 0 aromatic rings. The first-order valence-corrected chi connectivity index (χ1v) is 15.0. The molecule has 38 heavy (non-hydrogen) atoms. The maximum absolute atomic E-state index is 12.6. The van der Waals surface area contributed by atoms with Crippen LogP contribution in [0.25, 0.3) is 0 Å². The maximum atomic E-state index is 12.6. The van der Waals surface area contributed by atoms with Crippen LogP contribution in [0.5, 0.6) is 0 Å². The molecule has 3 saturated carbocycles. The normalized spacial score (nSPS) is 42.4. The number of aliphatic hydroxyl groups is 1. The van der Waals surface area contributed by atoms with Crippen LogP contribution in [-0.4, -0.2) is 34.4 Å². The number of allylic oxidation sites excluding steroid dienone is 3. The van der Waals surface area contributed by atoms with Gasteiger partial charge in [0.1, 0.15) is 6.10 Å². The molecule has 4 aliphatic rings. The second-order valence-electron chi connectivity index (χ2n) is 14.9. The van der Waals surface area contributed by atoms with Crippen molar-refractivity contribution in [2.75, 3.05) is 0 Å². The molecule has 0 heterocycles. The monoisotopic (exact) mass is 528 g/mol. The highest BCUT2D eigenvalue weighted by Crippen LogP contribution is 2.73. The van der Waals surface area contributed by atoms with Gasteiger partial charge in [-0.3, -0.25) is 9.59 Å². The SMILES string of the molecule is C=C(CCC(C(=O)O)[C@H]1[C@H](O)C[C@@]2(C)C3CC[C@H]4C(C)(C)C(OC(C)=O)CC[C@]4(C)C3=CC[C@]12C)C(C)C. The number of ether oxygens (including phenoxy) is 1. The van der Waals surface area contributed by atoms with Crippen molar-refractivity contribution in [3.8, 4) is 0 Å². The first kappa shape index (κ1) is 29.4. The van der Waals surface area contributed by atoms with Gasteiger partial charge in [-0.2, -0.15) is 0 Å². The summed E-state index contributed by atoms with van der Waals surface area (Å²) >= 11 is 0. The molecular weight excluding hydrogens is 476 g/mol. The average Bonchev–Trinajstić information content (AvgIpc) is 3.01. The Morgan fingerprint density at radius 2 is 1.76 bits per heavy atom. The molecule has 0 aliphatic heterocycles. The summed E-state index contributed by atoms with van der Waals surface area (Å²) in [6.07, 6.45) is 8.42. The maximum Gasteiger partial charge on any atom is 0.306 e. The number of aliphatic carboxylic acids is 1. The highest BCUT2D eigenvalue weighted by molar-refractivity contribution is 5.71. The first-order chi connectivity index (χ1) is 17.5. The number of esters is 1. The average molecular weight is 529 g/mol.